The van der Waals surface area contributed by atoms with Gasteiger partial charge in [-0.1, -0.05) is 17.7 Å². The van der Waals surface area contributed by atoms with E-state index in [0.29, 0.717) is 35.3 Å². The van der Waals surface area contributed by atoms with E-state index in [0.717, 1.165) is 6.07 Å². The van der Waals surface area contributed by atoms with Gasteiger partial charge in [0, 0.05) is 40.9 Å². The van der Waals surface area contributed by atoms with Gasteiger partial charge in [-0.15, -0.1) is 11.3 Å². The number of carbonyl (C=O) groups excluding carboxylic acids is 1. The largest absolute Gasteiger partial charge is 0.480 e. The Kier molecular flexibility index (Phi) is 7.27. The molecule has 9 nitrogen and oxygen atoms in total. The van der Waals surface area contributed by atoms with Crippen molar-refractivity contribution in [1.29, 1.82) is 0 Å². The average Bonchev–Trinajstić information content (AvgIpc) is 3.33. The van der Waals surface area contributed by atoms with E-state index in [1.54, 1.807) is 23.4 Å². The number of hydrogen-bond donors (Lipinski definition) is 2. The second-order valence-electron chi connectivity index (χ2n) is 7.72. The van der Waals surface area contributed by atoms with Gasteiger partial charge < -0.3 is 19.9 Å². The number of nitrogens with zero attached hydrogens (tertiary/aromatic N) is 3. The molecule has 1 saturated heterocycles. The first-order valence-electron chi connectivity index (χ1n) is 10.4. The molecule has 1 fully saturated rings. The van der Waals surface area contributed by atoms with Gasteiger partial charge in [0.2, 0.25) is 0 Å². The highest BCUT2D eigenvalue weighted by molar-refractivity contribution is 7.11. The van der Waals surface area contributed by atoms with Crippen molar-refractivity contribution in [3.05, 3.63) is 62.5 Å². The van der Waals surface area contributed by atoms with Crippen LogP contribution in [0.2, 0.25) is 5.02 Å². The number of nitrogens with one attached hydrogen (secondary N) is 1. The zero-order chi connectivity index (χ0) is 24.4. The van der Waals surface area contributed by atoms with Gasteiger partial charge in [0.15, 0.2) is 10.8 Å². The summed E-state index contributed by atoms with van der Waals surface area (Å²) in [5.41, 5.74) is 0.957. The molecule has 0 amide bonds. The number of rotatable bonds is 6. The van der Waals surface area contributed by atoms with Crippen LogP contribution >= 0.6 is 22.9 Å². The summed E-state index contributed by atoms with van der Waals surface area (Å²) in [6, 6.07) is 2.01. The fourth-order valence-electron chi connectivity index (χ4n) is 4.09. The number of thiazole rings is 1. The molecule has 1 aromatic carbocycles. The lowest BCUT2D eigenvalue weighted by Crippen LogP contribution is -2.56. The van der Waals surface area contributed by atoms with Gasteiger partial charge >= 0.3 is 11.9 Å². The second-order valence-corrected chi connectivity index (χ2v) is 9.02. The first-order chi connectivity index (χ1) is 16.3. The first-order valence-corrected chi connectivity index (χ1v) is 11.6. The van der Waals surface area contributed by atoms with Gasteiger partial charge in [-0.25, -0.2) is 14.2 Å². The number of esters is 1. The molecule has 0 bridgehead atoms. The van der Waals surface area contributed by atoms with Crippen molar-refractivity contribution in [2.24, 2.45) is 4.99 Å². The van der Waals surface area contributed by atoms with Crippen LogP contribution in [0.5, 0.6) is 0 Å². The highest BCUT2D eigenvalue weighted by Gasteiger charge is 2.39. The Morgan fingerprint density at radius 3 is 2.88 bits per heavy atom. The topological polar surface area (TPSA) is 113 Å². The number of benzene rings is 1. The first kappa shape index (κ1) is 24.3. The van der Waals surface area contributed by atoms with E-state index in [2.05, 4.69) is 15.3 Å². The van der Waals surface area contributed by atoms with Crippen LogP contribution in [0.1, 0.15) is 23.5 Å². The van der Waals surface area contributed by atoms with Crippen LogP contribution in [-0.4, -0.2) is 71.7 Å². The highest BCUT2D eigenvalue weighted by Crippen LogP contribution is 2.37. The minimum absolute atomic E-state index is 0.0782. The molecule has 2 N–H and O–H groups in total. The lowest BCUT2D eigenvalue weighted by atomic mass is 9.94. The number of aliphatic carboxylic acids is 1. The number of morpholine rings is 1. The van der Waals surface area contributed by atoms with Crippen molar-refractivity contribution in [3.63, 3.8) is 0 Å². The fourth-order valence-corrected chi connectivity index (χ4v) is 4.95. The van der Waals surface area contributed by atoms with E-state index in [-0.39, 0.29) is 17.1 Å². The Hall–Kier alpha value is -2.86. The standard InChI is InChI=1S/C22H22ClFN4O5S/c1-11-18(21(29)30)28(6-7-33-11)10-15-16(22(31)32-2)17(13-4-3-12(24)9-14(13)23)27-19(26-15)20-25-5-8-34-20/h3-5,8-9,11,17-18H,6-7,10H2,1-2H3,(H,26,27)(H,29,30)/t11-,17?,18+/m1/s1. The van der Waals surface area contributed by atoms with Crippen LogP contribution in [-0.2, 0) is 19.1 Å². The molecule has 4 rings (SSSR count). The minimum Gasteiger partial charge on any atom is -0.480 e. The predicted molar refractivity (Wildman–Crippen MR) is 123 cm³/mol. The van der Waals surface area contributed by atoms with E-state index in [1.165, 1.54) is 30.6 Å². The molecule has 0 spiro atoms. The Morgan fingerprint density at radius 1 is 1.44 bits per heavy atom. The van der Waals surface area contributed by atoms with Crippen LogP contribution < -0.4 is 5.32 Å². The molecule has 3 heterocycles. The fraction of sp³-hybridized carbons (Fsp3) is 0.364. The Morgan fingerprint density at radius 2 is 2.24 bits per heavy atom. The summed E-state index contributed by atoms with van der Waals surface area (Å²) in [5.74, 6) is -1.84. The number of halogens is 2. The van der Waals surface area contributed by atoms with Crippen molar-refractivity contribution < 1.29 is 28.6 Å². The second kappa shape index (κ2) is 10.2. The Bertz CT molecular complexity index is 1160. The number of hydrogen-bond acceptors (Lipinski definition) is 9. The number of carboxylic acid groups (broad SMARTS) is 1. The van der Waals surface area contributed by atoms with Crippen LogP contribution in [0.15, 0.2) is 46.0 Å². The third-order valence-corrected chi connectivity index (χ3v) is 6.74. The third kappa shape index (κ3) is 4.83. The quantitative estimate of drug-likeness (QED) is 0.572. The zero-order valence-electron chi connectivity index (χ0n) is 18.3. The lowest BCUT2D eigenvalue weighted by Gasteiger charge is -2.38. The maximum atomic E-state index is 13.8. The molecule has 0 aliphatic carbocycles. The van der Waals surface area contributed by atoms with Gasteiger partial charge in [-0.2, -0.15) is 0 Å². The summed E-state index contributed by atoms with van der Waals surface area (Å²) in [6.45, 7) is 2.45. The minimum atomic E-state index is -1.03. The van der Waals surface area contributed by atoms with E-state index in [1.807, 2.05) is 0 Å². The maximum absolute atomic E-state index is 13.8. The van der Waals surface area contributed by atoms with Crippen LogP contribution in [0, 0.1) is 5.82 Å². The van der Waals surface area contributed by atoms with Gasteiger partial charge in [-0.05, 0) is 19.1 Å². The molecule has 180 valence electrons. The predicted octanol–water partition coefficient (Wildman–Crippen LogP) is 2.63. The number of aliphatic imine (C=N–C) groups is 1. The molecule has 2 aromatic rings. The molecule has 0 radical (unpaired) electrons. The molecule has 2 aliphatic heterocycles. The average molecular weight is 509 g/mol. The number of ether oxygens (including phenoxy) is 2. The van der Waals surface area contributed by atoms with Crippen molar-refractivity contribution >= 4 is 40.7 Å². The Balaban J connectivity index is 1.83. The molecule has 12 heteroatoms. The van der Waals surface area contributed by atoms with E-state index in [9.17, 15) is 19.1 Å². The van der Waals surface area contributed by atoms with Crippen molar-refractivity contribution in [1.82, 2.24) is 15.2 Å². The molecule has 1 aromatic heterocycles. The summed E-state index contributed by atoms with van der Waals surface area (Å²) in [4.78, 5) is 35.6. The Labute approximate surface area is 203 Å². The van der Waals surface area contributed by atoms with Crippen molar-refractivity contribution in [2.45, 2.75) is 25.1 Å². The molecular weight excluding hydrogens is 487 g/mol. The number of carboxylic acids is 1. The molecule has 3 atom stereocenters. The van der Waals surface area contributed by atoms with E-state index >= 15 is 0 Å². The van der Waals surface area contributed by atoms with Gasteiger partial charge in [0.25, 0.3) is 0 Å². The molecule has 34 heavy (non-hydrogen) atoms. The molecule has 0 saturated carbocycles. The van der Waals surface area contributed by atoms with Crippen LogP contribution in [0.3, 0.4) is 0 Å². The summed E-state index contributed by atoms with van der Waals surface area (Å²) < 4.78 is 24.3. The summed E-state index contributed by atoms with van der Waals surface area (Å²) >= 11 is 7.69. The van der Waals surface area contributed by atoms with Gasteiger partial charge in [0.1, 0.15) is 17.9 Å². The molecule has 2 aliphatic rings. The smallest absolute Gasteiger partial charge is 0.338 e. The highest BCUT2D eigenvalue weighted by atomic mass is 35.5. The van der Waals surface area contributed by atoms with Crippen LogP contribution in [0.25, 0.3) is 0 Å². The molecular formula is C22H22ClFN4O5S. The number of methoxy groups -OCH3 is 1. The molecule has 1 unspecified atom stereocenters. The van der Waals surface area contributed by atoms with E-state index < -0.39 is 35.9 Å². The van der Waals surface area contributed by atoms with Crippen LogP contribution in [0.4, 0.5) is 4.39 Å². The summed E-state index contributed by atoms with van der Waals surface area (Å²) in [7, 11) is 1.24. The van der Waals surface area contributed by atoms with Crippen molar-refractivity contribution in [2.75, 3.05) is 26.8 Å². The maximum Gasteiger partial charge on any atom is 0.338 e. The number of amidine groups is 1. The number of carbonyl (C=O) groups is 2. The van der Waals surface area contributed by atoms with Gasteiger partial charge in [-0.3, -0.25) is 14.7 Å². The zero-order valence-corrected chi connectivity index (χ0v) is 19.9. The summed E-state index contributed by atoms with van der Waals surface area (Å²) in [5, 5.41) is 15.4. The monoisotopic (exact) mass is 508 g/mol. The lowest BCUT2D eigenvalue weighted by molar-refractivity contribution is -0.155. The van der Waals surface area contributed by atoms with E-state index in [4.69, 9.17) is 21.1 Å². The third-order valence-electron chi connectivity index (χ3n) is 5.63. The summed E-state index contributed by atoms with van der Waals surface area (Å²) in [6.07, 6.45) is 1.07. The SMILES string of the molecule is COC(=O)C1=C(CN2CCO[C@H](C)[C@H]2C(=O)O)NC(c2nccs2)=NC1c1ccc(F)cc1Cl. The van der Waals surface area contributed by atoms with Crippen molar-refractivity contribution in [3.8, 4) is 0 Å². The number of aromatic nitrogens is 1. The normalized spacial score (nSPS) is 23.3. The van der Waals surface area contributed by atoms with Gasteiger partial charge in [0.05, 0.1) is 25.4 Å².